The van der Waals surface area contributed by atoms with E-state index in [0.29, 0.717) is 13.0 Å². The summed E-state index contributed by atoms with van der Waals surface area (Å²) in [6.07, 6.45) is 11.8. The molecule has 0 fully saturated rings. The number of hydrogen-bond acceptors (Lipinski definition) is 4. The van der Waals surface area contributed by atoms with Gasteiger partial charge in [0.2, 0.25) is 0 Å². The second-order valence-corrected chi connectivity index (χ2v) is 6.99. The molecule has 0 spiro atoms. The summed E-state index contributed by atoms with van der Waals surface area (Å²) in [6, 6.07) is 0. The molecule has 130 valence electrons. The first-order valence-corrected chi connectivity index (χ1v) is 9.60. The van der Waals surface area contributed by atoms with Crippen molar-refractivity contribution in [2.75, 3.05) is 6.61 Å². The summed E-state index contributed by atoms with van der Waals surface area (Å²) in [5.41, 5.74) is -1.04. The molecule has 0 rings (SSSR count). The smallest absolute Gasteiger partial charge is 0.292 e. The molecule has 0 bridgehead atoms. The van der Waals surface area contributed by atoms with E-state index in [9.17, 15) is 8.42 Å². The first kappa shape index (κ1) is 23.1. The van der Waals surface area contributed by atoms with Crippen molar-refractivity contribution in [1.29, 1.82) is 0 Å². The fraction of sp³-hybridized carbons (Fsp3) is 1.00. The number of unbranched alkanes of at least 4 members (excludes halogenated alkanes) is 8. The van der Waals surface area contributed by atoms with E-state index in [2.05, 4.69) is 6.92 Å². The molecule has 1 unspecified atom stereocenters. The van der Waals surface area contributed by atoms with Gasteiger partial charge in [0.1, 0.15) is 0 Å². The predicted molar refractivity (Wildman–Crippen MR) is 88.4 cm³/mol. The van der Waals surface area contributed by atoms with Gasteiger partial charge in [-0.3, -0.25) is 4.55 Å². The van der Waals surface area contributed by atoms with E-state index < -0.39 is 15.6 Å². The van der Waals surface area contributed by atoms with Crippen LogP contribution in [-0.4, -0.2) is 25.0 Å². The van der Waals surface area contributed by atoms with Crippen molar-refractivity contribution < 1.29 is 17.7 Å². The lowest BCUT2D eigenvalue weighted by Crippen LogP contribution is -2.24. The Morgan fingerprint density at radius 1 is 0.857 bits per heavy atom. The minimum atomic E-state index is -4.07. The standard InChI is InChI=1S/C15H32O4S.H3N/c1-3-5-6-7-8-9-10-11-12-13-15(19-14-4-2)20(16,17)18;/h15H,3-14H2,1-2H3,(H,16,17,18);1H3. The maximum atomic E-state index is 11.1. The van der Waals surface area contributed by atoms with Gasteiger partial charge in [-0.05, 0) is 19.3 Å². The molecular formula is C15H35NO4S. The van der Waals surface area contributed by atoms with Crippen LogP contribution < -0.4 is 6.15 Å². The van der Waals surface area contributed by atoms with Crippen LogP contribution in [0, 0.1) is 0 Å². The molecule has 0 aliphatic heterocycles. The van der Waals surface area contributed by atoms with Gasteiger partial charge in [-0.1, -0.05) is 65.2 Å². The summed E-state index contributed by atoms with van der Waals surface area (Å²) in [7, 11) is -4.07. The van der Waals surface area contributed by atoms with E-state index in [4.69, 9.17) is 9.29 Å². The van der Waals surface area contributed by atoms with Crippen molar-refractivity contribution in [1.82, 2.24) is 6.15 Å². The van der Waals surface area contributed by atoms with Crippen LogP contribution in [0.5, 0.6) is 0 Å². The Hall–Kier alpha value is -0.170. The molecule has 0 aromatic carbocycles. The van der Waals surface area contributed by atoms with Gasteiger partial charge in [0.05, 0.1) is 0 Å². The van der Waals surface area contributed by atoms with Gasteiger partial charge in [0, 0.05) is 6.61 Å². The largest absolute Gasteiger partial charge is 0.360 e. The highest BCUT2D eigenvalue weighted by Gasteiger charge is 2.22. The summed E-state index contributed by atoms with van der Waals surface area (Å²) in [5, 5.41) is 0. The Morgan fingerprint density at radius 3 is 1.76 bits per heavy atom. The van der Waals surface area contributed by atoms with E-state index in [1.807, 2.05) is 6.92 Å². The lowest BCUT2D eigenvalue weighted by atomic mass is 10.1. The van der Waals surface area contributed by atoms with Crippen LogP contribution >= 0.6 is 0 Å². The van der Waals surface area contributed by atoms with Gasteiger partial charge in [0.25, 0.3) is 10.1 Å². The fourth-order valence-electron chi connectivity index (χ4n) is 2.19. The van der Waals surface area contributed by atoms with E-state index in [-0.39, 0.29) is 6.15 Å². The van der Waals surface area contributed by atoms with Crippen LogP contribution in [0.3, 0.4) is 0 Å². The summed E-state index contributed by atoms with van der Waals surface area (Å²) in [4.78, 5) is 0. The third kappa shape index (κ3) is 14.5. The molecule has 0 saturated carbocycles. The summed E-state index contributed by atoms with van der Waals surface area (Å²) in [5.74, 6) is 0. The Kier molecular flexibility index (Phi) is 16.2. The molecule has 4 N–H and O–H groups in total. The molecule has 0 heterocycles. The van der Waals surface area contributed by atoms with Gasteiger partial charge in [-0.25, -0.2) is 0 Å². The summed E-state index contributed by atoms with van der Waals surface area (Å²) < 4.78 is 36.5. The number of hydrogen-bond donors (Lipinski definition) is 2. The highest BCUT2D eigenvalue weighted by molar-refractivity contribution is 7.86. The second kappa shape index (κ2) is 14.8. The van der Waals surface area contributed by atoms with Crippen molar-refractivity contribution in [3.8, 4) is 0 Å². The molecule has 0 radical (unpaired) electrons. The lowest BCUT2D eigenvalue weighted by molar-refractivity contribution is 0.0919. The van der Waals surface area contributed by atoms with Crippen LogP contribution in [0.15, 0.2) is 0 Å². The SMILES string of the molecule is CCCCCCCCCCCC(OCCC)S(=O)(=O)O.N. The molecule has 0 aliphatic rings. The van der Waals surface area contributed by atoms with E-state index in [0.717, 1.165) is 25.7 Å². The molecule has 0 aliphatic carbocycles. The molecule has 5 nitrogen and oxygen atoms in total. The van der Waals surface area contributed by atoms with Crippen molar-refractivity contribution in [3.63, 3.8) is 0 Å². The van der Waals surface area contributed by atoms with Crippen LogP contribution in [0.1, 0.15) is 84.5 Å². The summed E-state index contributed by atoms with van der Waals surface area (Å²) >= 11 is 0. The van der Waals surface area contributed by atoms with Crippen LogP contribution in [-0.2, 0) is 14.9 Å². The van der Waals surface area contributed by atoms with Gasteiger partial charge in [0.15, 0.2) is 5.44 Å². The van der Waals surface area contributed by atoms with Gasteiger partial charge < -0.3 is 10.9 Å². The minimum absolute atomic E-state index is 0. The maximum absolute atomic E-state index is 11.1. The molecule has 0 saturated heterocycles. The van der Waals surface area contributed by atoms with Gasteiger partial charge in [-0.15, -0.1) is 0 Å². The molecule has 0 amide bonds. The van der Waals surface area contributed by atoms with Crippen molar-refractivity contribution >= 4 is 10.1 Å². The zero-order chi connectivity index (χ0) is 15.3. The first-order valence-electron chi connectivity index (χ1n) is 8.10. The Morgan fingerprint density at radius 2 is 1.33 bits per heavy atom. The normalized spacial score (nSPS) is 12.9. The highest BCUT2D eigenvalue weighted by atomic mass is 32.2. The van der Waals surface area contributed by atoms with E-state index >= 15 is 0 Å². The fourth-order valence-corrected chi connectivity index (χ4v) is 2.92. The lowest BCUT2D eigenvalue weighted by Gasteiger charge is -2.14. The third-order valence-corrected chi connectivity index (χ3v) is 4.42. The van der Waals surface area contributed by atoms with Crippen molar-refractivity contribution in [3.05, 3.63) is 0 Å². The number of rotatable bonds is 14. The minimum Gasteiger partial charge on any atom is -0.360 e. The van der Waals surface area contributed by atoms with Crippen LogP contribution in [0.2, 0.25) is 0 Å². The number of ether oxygens (including phenoxy) is 1. The van der Waals surface area contributed by atoms with Crippen LogP contribution in [0.4, 0.5) is 0 Å². The zero-order valence-electron chi connectivity index (χ0n) is 13.8. The van der Waals surface area contributed by atoms with Crippen molar-refractivity contribution in [2.45, 2.75) is 89.9 Å². The zero-order valence-corrected chi connectivity index (χ0v) is 14.7. The molecule has 0 aromatic heterocycles. The molecular weight excluding hydrogens is 290 g/mol. The molecule has 1 atom stereocenters. The third-order valence-electron chi connectivity index (χ3n) is 3.38. The molecule has 0 aromatic rings. The van der Waals surface area contributed by atoms with Gasteiger partial charge in [-0.2, -0.15) is 8.42 Å². The Balaban J connectivity index is 0. The Labute approximate surface area is 131 Å². The van der Waals surface area contributed by atoms with E-state index in [1.54, 1.807) is 0 Å². The average Bonchev–Trinajstić information content (AvgIpc) is 2.38. The van der Waals surface area contributed by atoms with Crippen molar-refractivity contribution in [2.24, 2.45) is 0 Å². The first-order chi connectivity index (χ1) is 9.52. The summed E-state index contributed by atoms with van der Waals surface area (Å²) in [6.45, 7) is 4.51. The Bertz CT molecular complexity index is 307. The second-order valence-electron chi connectivity index (χ2n) is 5.43. The predicted octanol–water partition coefficient (Wildman–Crippen LogP) is 4.71. The highest BCUT2D eigenvalue weighted by Crippen LogP contribution is 2.15. The molecule has 6 heteroatoms. The molecule has 21 heavy (non-hydrogen) atoms. The van der Waals surface area contributed by atoms with E-state index in [1.165, 1.54) is 38.5 Å². The average molecular weight is 326 g/mol. The van der Waals surface area contributed by atoms with Gasteiger partial charge >= 0.3 is 0 Å². The monoisotopic (exact) mass is 325 g/mol. The quantitative estimate of drug-likeness (QED) is 0.356. The van der Waals surface area contributed by atoms with Crippen LogP contribution in [0.25, 0.3) is 0 Å². The topological polar surface area (TPSA) is 98.6 Å². The maximum Gasteiger partial charge on any atom is 0.292 e.